The minimum Gasteiger partial charge on any atom is -0.228 e. The number of hydrogen-bond acceptors (Lipinski definition) is 4. The Bertz CT molecular complexity index is 3100. The summed E-state index contributed by atoms with van der Waals surface area (Å²) in [6, 6.07) is 69.6. The summed E-state index contributed by atoms with van der Waals surface area (Å²) in [5, 5.41) is 5.04. The first kappa shape index (κ1) is 32.7. The maximum atomic E-state index is 5.60. The topological polar surface area (TPSA) is 25.8 Å². The molecule has 0 aliphatic carbocycles. The zero-order chi connectivity index (χ0) is 37.0. The van der Waals surface area contributed by atoms with Crippen molar-refractivity contribution in [1.82, 2.24) is 9.97 Å². The minimum atomic E-state index is 0.697. The van der Waals surface area contributed by atoms with Crippen molar-refractivity contribution in [3.05, 3.63) is 194 Å². The van der Waals surface area contributed by atoms with Crippen molar-refractivity contribution in [2.75, 3.05) is 0 Å². The van der Waals surface area contributed by atoms with Crippen LogP contribution in [0.2, 0.25) is 0 Å². The van der Waals surface area contributed by atoms with Gasteiger partial charge in [0.15, 0.2) is 5.82 Å². The molecule has 8 aromatic carbocycles. The molecule has 0 aliphatic heterocycles. The SMILES string of the molecule is c1ccc(-c2cc(-c3ccccc3)c(-c3ccccc3)c(-c3nc(-c4cccc5c4sc4ccccc45)cc(-c4cccc5c4sc4ccccc45)n3)c2)cc1. The number of hydrogen-bond donors (Lipinski definition) is 0. The van der Waals surface area contributed by atoms with Crippen LogP contribution in [0.5, 0.6) is 0 Å². The fourth-order valence-electron chi connectivity index (χ4n) is 8.12. The minimum absolute atomic E-state index is 0.697. The van der Waals surface area contributed by atoms with Gasteiger partial charge < -0.3 is 0 Å². The Morgan fingerprint density at radius 2 is 0.750 bits per heavy atom. The van der Waals surface area contributed by atoms with Gasteiger partial charge in [0.2, 0.25) is 0 Å². The van der Waals surface area contributed by atoms with E-state index in [2.05, 4.69) is 194 Å². The van der Waals surface area contributed by atoms with Crippen molar-refractivity contribution >= 4 is 63.0 Å². The molecule has 56 heavy (non-hydrogen) atoms. The van der Waals surface area contributed by atoms with E-state index in [1.165, 1.54) is 40.3 Å². The van der Waals surface area contributed by atoms with Gasteiger partial charge in [0, 0.05) is 62.6 Å². The smallest absolute Gasteiger partial charge is 0.161 e. The zero-order valence-corrected chi connectivity index (χ0v) is 31.8. The van der Waals surface area contributed by atoms with E-state index >= 15 is 0 Å². The Balaban J connectivity index is 1.26. The highest BCUT2D eigenvalue weighted by Crippen LogP contribution is 2.46. The average Bonchev–Trinajstić information content (AvgIpc) is 3.85. The van der Waals surface area contributed by atoms with E-state index in [1.54, 1.807) is 0 Å². The van der Waals surface area contributed by atoms with Gasteiger partial charge in [-0.3, -0.25) is 0 Å². The van der Waals surface area contributed by atoms with Gasteiger partial charge in [-0.25, -0.2) is 9.97 Å². The van der Waals surface area contributed by atoms with Crippen LogP contribution in [0.3, 0.4) is 0 Å². The van der Waals surface area contributed by atoms with E-state index in [-0.39, 0.29) is 0 Å². The molecule has 11 rings (SSSR count). The molecule has 3 aromatic heterocycles. The summed E-state index contributed by atoms with van der Waals surface area (Å²) >= 11 is 3.67. The summed E-state index contributed by atoms with van der Waals surface area (Å²) < 4.78 is 5.01. The first-order valence-corrected chi connectivity index (χ1v) is 20.5. The number of nitrogens with zero attached hydrogens (tertiary/aromatic N) is 2. The zero-order valence-electron chi connectivity index (χ0n) is 30.2. The maximum absolute atomic E-state index is 5.60. The monoisotopic (exact) mass is 748 g/mol. The van der Waals surface area contributed by atoms with Crippen LogP contribution < -0.4 is 0 Å². The van der Waals surface area contributed by atoms with Gasteiger partial charge >= 0.3 is 0 Å². The second kappa shape index (κ2) is 13.5. The van der Waals surface area contributed by atoms with Gasteiger partial charge in [0.1, 0.15) is 0 Å². The number of thiophene rings is 2. The molecule has 2 nitrogen and oxygen atoms in total. The standard InChI is InChI=1S/C52H32N2S2/c1-4-16-33(17-5-1)36-30-43(34-18-6-2-7-19-34)49(35-20-8-3-9-21-35)44(31-36)52-53-45(41-26-14-24-39-37-22-10-12-28-47(37)55-50(39)41)32-46(54-52)42-27-15-25-40-38-23-11-13-29-48(38)56-51(40)42/h1-32H. The maximum Gasteiger partial charge on any atom is 0.161 e. The van der Waals surface area contributed by atoms with Crippen molar-refractivity contribution in [3.8, 4) is 67.3 Å². The first-order valence-electron chi connectivity index (χ1n) is 18.8. The third kappa shape index (κ3) is 5.53. The lowest BCUT2D eigenvalue weighted by atomic mass is 9.86. The predicted octanol–water partition coefficient (Wildman–Crippen LogP) is 15.2. The van der Waals surface area contributed by atoms with E-state index < -0.39 is 0 Å². The highest BCUT2D eigenvalue weighted by Gasteiger charge is 2.22. The summed E-state index contributed by atoms with van der Waals surface area (Å²) in [5.41, 5.74) is 11.8. The molecule has 0 unspecified atom stereocenters. The number of benzene rings is 8. The van der Waals surface area contributed by atoms with Gasteiger partial charge in [-0.15, -0.1) is 22.7 Å². The summed E-state index contributed by atoms with van der Waals surface area (Å²) in [6.45, 7) is 0. The van der Waals surface area contributed by atoms with Crippen LogP contribution in [0.1, 0.15) is 0 Å². The average molecular weight is 749 g/mol. The Morgan fingerprint density at radius 3 is 1.30 bits per heavy atom. The fourth-order valence-corrected chi connectivity index (χ4v) is 10.6. The molecule has 0 atom stereocenters. The second-order valence-corrected chi connectivity index (χ2v) is 16.2. The van der Waals surface area contributed by atoms with E-state index in [9.17, 15) is 0 Å². The molecule has 0 saturated carbocycles. The van der Waals surface area contributed by atoms with Gasteiger partial charge in [-0.05, 0) is 58.1 Å². The van der Waals surface area contributed by atoms with Gasteiger partial charge in [-0.2, -0.15) is 0 Å². The van der Waals surface area contributed by atoms with Crippen LogP contribution in [0, 0.1) is 0 Å². The second-order valence-electron chi connectivity index (χ2n) is 14.1. The summed E-state index contributed by atoms with van der Waals surface area (Å²) in [5.74, 6) is 0.697. The molecule has 4 heteroatoms. The lowest BCUT2D eigenvalue weighted by Crippen LogP contribution is -2.00. The van der Waals surface area contributed by atoms with Crippen LogP contribution in [0.4, 0.5) is 0 Å². The molecular formula is C52H32N2S2. The Labute approximate surface area is 332 Å². The van der Waals surface area contributed by atoms with Crippen molar-refractivity contribution in [3.63, 3.8) is 0 Å². The molecule has 0 amide bonds. The number of rotatable bonds is 6. The fraction of sp³-hybridized carbons (Fsp3) is 0. The van der Waals surface area contributed by atoms with E-state index in [0.29, 0.717) is 5.82 Å². The molecule has 262 valence electrons. The van der Waals surface area contributed by atoms with Crippen LogP contribution in [-0.4, -0.2) is 9.97 Å². The van der Waals surface area contributed by atoms with Crippen LogP contribution in [0.15, 0.2) is 194 Å². The van der Waals surface area contributed by atoms with Crippen molar-refractivity contribution in [2.45, 2.75) is 0 Å². The van der Waals surface area contributed by atoms with Crippen LogP contribution >= 0.6 is 22.7 Å². The van der Waals surface area contributed by atoms with Crippen molar-refractivity contribution < 1.29 is 0 Å². The predicted molar refractivity (Wildman–Crippen MR) is 240 cm³/mol. The summed E-state index contributed by atoms with van der Waals surface area (Å²) in [7, 11) is 0. The Kier molecular flexibility index (Phi) is 7.90. The molecule has 0 aliphatic rings. The normalized spacial score (nSPS) is 11.6. The molecule has 0 radical (unpaired) electrons. The number of fused-ring (bicyclic) bond motifs is 6. The van der Waals surface area contributed by atoms with Gasteiger partial charge in [-0.1, -0.05) is 164 Å². The Morgan fingerprint density at radius 1 is 0.304 bits per heavy atom. The summed E-state index contributed by atoms with van der Waals surface area (Å²) in [6.07, 6.45) is 0. The van der Waals surface area contributed by atoms with Crippen molar-refractivity contribution in [1.29, 1.82) is 0 Å². The lowest BCUT2D eigenvalue weighted by molar-refractivity contribution is 1.19. The van der Waals surface area contributed by atoms with E-state index in [0.717, 1.165) is 61.5 Å². The van der Waals surface area contributed by atoms with Crippen molar-refractivity contribution in [2.24, 2.45) is 0 Å². The molecule has 11 aromatic rings. The Hall–Kier alpha value is -6.72. The van der Waals surface area contributed by atoms with Crippen LogP contribution in [-0.2, 0) is 0 Å². The lowest BCUT2D eigenvalue weighted by Gasteiger charge is -2.19. The molecule has 0 N–H and O–H groups in total. The highest BCUT2D eigenvalue weighted by atomic mass is 32.1. The van der Waals surface area contributed by atoms with Gasteiger partial charge in [0.05, 0.1) is 11.4 Å². The van der Waals surface area contributed by atoms with E-state index in [1.807, 2.05) is 22.7 Å². The molecule has 0 spiro atoms. The third-order valence-corrected chi connectivity index (χ3v) is 13.2. The molecular weight excluding hydrogens is 717 g/mol. The third-order valence-electron chi connectivity index (χ3n) is 10.7. The van der Waals surface area contributed by atoms with Crippen LogP contribution in [0.25, 0.3) is 108 Å². The first-order chi connectivity index (χ1) is 27.8. The largest absolute Gasteiger partial charge is 0.228 e. The molecule has 0 saturated heterocycles. The summed E-state index contributed by atoms with van der Waals surface area (Å²) in [4.78, 5) is 11.2. The highest BCUT2D eigenvalue weighted by molar-refractivity contribution is 7.26. The number of aromatic nitrogens is 2. The molecule has 0 bridgehead atoms. The molecule has 0 fully saturated rings. The molecule has 3 heterocycles. The van der Waals surface area contributed by atoms with Gasteiger partial charge in [0.25, 0.3) is 0 Å². The van der Waals surface area contributed by atoms with E-state index in [4.69, 9.17) is 9.97 Å². The quantitative estimate of drug-likeness (QED) is 0.169.